The topological polar surface area (TPSA) is 0 Å². The highest BCUT2D eigenvalue weighted by Gasteiger charge is 2.35. The van der Waals surface area contributed by atoms with Crippen LogP contribution in [0.25, 0.3) is 0 Å². The number of hydrogen-bond acceptors (Lipinski definition) is 0. The van der Waals surface area contributed by atoms with Gasteiger partial charge in [0.25, 0.3) is 0 Å². The highest BCUT2D eigenvalue weighted by Crippen LogP contribution is 2.48. The molecule has 0 saturated carbocycles. The van der Waals surface area contributed by atoms with Crippen LogP contribution < -0.4 is 0 Å². The van der Waals surface area contributed by atoms with E-state index in [0.29, 0.717) is 5.41 Å². The summed E-state index contributed by atoms with van der Waals surface area (Å²) in [7, 11) is 0. The molecule has 0 aliphatic carbocycles. The summed E-state index contributed by atoms with van der Waals surface area (Å²) >= 11 is 0. The van der Waals surface area contributed by atoms with E-state index in [2.05, 4.69) is 82.7 Å². The average molecular weight is 1100 g/mol. The van der Waals surface area contributed by atoms with Gasteiger partial charge >= 0.3 is 0 Å². The molecule has 0 spiro atoms. The standard InChI is InChI=1S/C79H148/c1-7-13-19-24-29-34-39-42-43-46-51-56-61-67-73-78(72-66-60-55-50-38-33-28-23-17-11-5)79(74-68-62-57-52-47-41-36-31-26-21-15-9-3,75-69-63-58-53-48-44-40-35-30-25-20-14-8-2)76-77(70-64-18-12-6)71-65-59-54-49-45-37-32-27-22-16-10-4/h7,9-11,30,35,73,77H,1,3-5,8,12-29,31-34,36-72,74-76H2,2,6H3. The Bertz CT molecular complexity index is 1260. The fourth-order valence-electron chi connectivity index (χ4n) is 13.2. The highest BCUT2D eigenvalue weighted by molar-refractivity contribution is 5.16. The Morgan fingerprint density at radius 1 is 0.278 bits per heavy atom. The van der Waals surface area contributed by atoms with Crippen molar-refractivity contribution in [1.29, 1.82) is 0 Å². The zero-order valence-corrected chi connectivity index (χ0v) is 55.0. The van der Waals surface area contributed by atoms with E-state index < -0.39 is 0 Å². The minimum Gasteiger partial charge on any atom is -0.103 e. The van der Waals surface area contributed by atoms with Crippen molar-refractivity contribution < 1.29 is 0 Å². The monoisotopic (exact) mass is 1100 g/mol. The maximum Gasteiger partial charge on any atom is -0.00855 e. The molecular formula is C79H148. The lowest BCUT2D eigenvalue weighted by Gasteiger charge is -2.41. The lowest BCUT2D eigenvalue weighted by molar-refractivity contribution is 0.188. The minimum atomic E-state index is 0.410. The van der Waals surface area contributed by atoms with Gasteiger partial charge in [-0.2, -0.15) is 0 Å². The van der Waals surface area contributed by atoms with E-state index >= 15 is 0 Å². The summed E-state index contributed by atoms with van der Waals surface area (Å²) in [5.74, 6) is 0.898. The van der Waals surface area contributed by atoms with Crippen LogP contribution in [0.3, 0.4) is 0 Å². The van der Waals surface area contributed by atoms with Gasteiger partial charge in [0.1, 0.15) is 0 Å². The second-order valence-electron chi connectivity index (χ2n) is 26.0. The van der Waals surface area contributed by atoms with Crippen molar-refractivity contribution in [2.75, 3.05) is 0 Å². The quantitative estimate of drug-likeness (QED) is 0.0421. The molecule has 2 atom stereocenters. The summed E-state index contributed by atoms with van der Waals surface area (Å²) in [5, 5.41) is 0. The molecule has 0 aromatic heterocycles. The van der Waals surface area contributed by atoms with E-state index in [0.717, 1.165) is 5.92 Å². The Morgan fingerprint density at radius 2 is 0.532 bits per heavy atom. The van der Waals surface area contributed by atoms with Crippen LogP contribution in [-0.4, -0.2) is 0 Å². The molecule has 0 saturated heterocycles. The summed E-state index contributed by atoms with van der Waals surface area (Å²) < 4.78 is 0. The summed E-state index contributed by atoms with van der Waals surface area (Å²) in [6.45, 7) is 20.5. The van der Waals surface area contributed by atoms with Gasteiger partial charge in [0.05, 0.1) is 0 Å². The third kappa shape index (κ3) is 56.7. The van der Waals surface area contributed by atoms with Crippen LogP contribution in [-0.2, 0) is 0 Å². The molecule has 0 N–H and O–H groups in total. The third-order valence-corrected chi connectivity index (χ3v) is 18.4. The molecule has 0 radical (unpaired) electrons. The van der Waals surface area contributed by atoms with Crippen LogP contribution in [0.2, 0.25) is 0 Å². The van der Waals surface area contributed by atoms with Crippen LogP contribution >= 0.6 is 0 Å². The van der Waals surface area contributed by atoms with Crippen LogP contribution in [0.15, 0.2) is 74.4 Å². The van der Waals surface area contributed by atoms with Gasteiger partial charge in [0.2, 0.25) is 0 Å². The fraction of sp³-hybridized carbons (Fsp3) is 0.848. The van der Waals surface area contributed by atoms with Gasteiger partial charge in [-0.15, -0.1) is 26.3 Å². The van der Waals surface area contributed by atoms with Crippen molar-refractivity contribution in [2.45, 2.75) is 418 Å². The second-order valence-corrected chi connectivity index (χ2v) is 26.0. The predicted octanol–water partition coefficient (Wildman–Crippen LogP) is 29.4. The first kappa shape index (κ1) is 77.4. The Morgan fingerprint density at radius 3 is 0.873 bits per heavy atom. The van der Waals surface area contributed by atoms with Crippen LogP contribution in [0, 0.1) is 11.3 Å². The van der Waals surface area contributed by atoms with Crippen LogP contribution in [0.4, 0.5) is 0 Å². The second kappa shape index (κ2) is 67.2. The van der Waals surface area contributed by atoms with Crippen molar-refractivity contribution >= 4 is 0 Å². The highest BCUT2D eigenvalue weighted by atomic mass is 14.4. The van der Waals surface area contributed by atoms with Crippen LogP contribution in [0.5, 0.6) is 0 Å². The zero-order valence-electron chi connectivity index (χ0n) is 55.0. The molecule has 0 rings (SSSR count). The molecule has 0 bridgehead atoms. The number of unbranched alkanes of at least 4 members (excludes halogenated alkanes) is 50. The lowest BCUT2D eigenvalue weighted by atomic mass is 9.64. The van der Waals surface area contributed by atoms with Crippen LogP contribution in [0.1, 0.15) is 418 Å². The van der Waals surface area contributed by atoms with E-state index in [1.807, 2.05) is 5.57 Å². The molecule has 464 valence electrons. The molecule has 2 unspecified atom stereocenters. The summed E-state index contributed by atoms with van der Waals surface area (Å²) in [4.78, 5) is 0. The maximum absolute atomic E-state index is 3.96. The molecule has 0 aromatic carbocycles. The summed E-state index contributed by atoms with van der Waals surface area (Å²) in [6, 6.07) is 0. The molecule has 0 heteroatoms. The van der Waals surface area contributed by atoms with Crippen molar-refractivity contribution in [2.24, 2.45) is 11.3 Å². The SMILES string of the molecule is C=CCCCCCCCCCCCCCC=C(CCCCCCCCCCC=C)C(CCCCCCCCC=CCCCCC)(CCCCCCCCCCCCC=C)CC(CCCCC)CCCCCCCCCCCC=C. The smallest absolute Gasteiger partial charge is 0.00855 e. The molecule has 0 aliphatic heterocycles. The Kier molecular flexibility index (Phi) is 65.9. The number of hydrogen-bond donors (Lipinski definition) is 0. The van der Waals surface area contributed by atoms with Gasteiger partial charge < -0.3 is 0 Å². The average Bonchev–Trinajstić information content (AvgIpc) is 3.48. The van der Waals surface area contributed by atoms with E-state index in [4.69, 9.17) is 0 Å². The molecule has 0 nitrogen and oxygen atoms in total. The Hall–Kier alpha value is -1.56. The molecule has 0 amide bonds. The Labute approximate surface area is 501 Å². The van der Waals surface area contributed by atoms with Gasteiger partial charge in [-0.3, -0.25) is 0 Å². The minimum absolute atomic E-state index is 0.410. The zero-order chi connectivity index (χ0) is 57.2. The summed E-state index contributed by atoms with van der Waals surface area (Å²) in [5.41, 5.74) is 2.40. The van der Waals surface area contributed by atoms with Gasteiger partial charge in [-0.25, -0.2) is 0 Å². The van der Waals surface area contributed by atoms with Crippen molar-refractivity contribution in [3.63, 3.8) is 0 Å². The van der Waals surface area contributed by atoms with Gasteiger partial charge in [0.15, 0.2) is 0 Å². The Balaban J connectivity index is 6.49. The van der Waals surface area contributed by atoms with Crippen molar-refractivity contribution in [1.82, 2.24) is 0 Å². The fourth-order valence-corrected chi connectivity index (χ4v) is 13.2. The van der Waals surface area contributed by atoms with Gasteiger partial charge in [-0.05, 0) is 133 Å². The number of rotatable bonds is 70. The third-order valence-electron chi connectivity index (χ3n) is 18.4. The largest absolute Gasteiger partial charge is 0.103 e. The first-order chi connectivity index (χ1) is 39.1. The van der Waals surface area contributed by atoms with Crippen molar-refractivity contribution in [3.8, 4) is 0 Å². The molecule has 79 heavy (non-hydrogen) atoms. The lowest BCUT2D eigenvalue weighted by Crippen LogP contribution is -2.28. The molecule has 0 aromatic rings. The first-order valence-electron chi connectivity index (χ1n) is 36.9. The molecule has 0 aliphatic rings. The first-order valence-corrected chi connectivity index (χ1v) is 36.9. The molecule has 0 heterocycles. The maximum atomic E-state index is 3.96. The van der Waals surface area contributed by atoms with Crippen molar-refractivity contribution in [3.05, 3.63) is 74.4 Å². The van der Waals surface area contributed by atoms with Gasteiger partial charge in [-0.1, -0.05) is 344 Å². The number of allylic oxidation sites excluding steroid dienone is 8. The normalized spacial score (nSPS) is 13.1. The summed E-state index contributed by atoms with van der Waals surface area (Å²) in [6.07, 6.45) is 105. The predicted molar refractivity (Wildman–Crippen MR) is 366 cm³/mol. The molecule has 0 fully saturated rings. The van der Waals surface area contributed by atoms with E-state index in [1.54, 1.807) is 0 Å². The molecular weight excluding hydrogens is 949 g/mol. The van der Waals surface area contributed by atoms with Gasteiger partial charge in [0, 0.05) is 0 Å². The van der Waals surface area contributed by atoms with E-state index in [1.165, 1.54) is 405 Å². The van der Waals surface area contributed by atoms with E-state index in [-0.39, 0.29) is 0 Å². The van der Waals surface area contributed by atoms with E-state index in [9.17, 15) is 0 Å².